The minimum atomic E-state index is -0.277. The maximum absolute atomic E-state index is 12.2. The number of rotatable bonds is 5. The first-order valence-corrected chi connectivity index (χ1v) is 9.35. The maximum Gasteiger partial charge on any atom is 0.250 e. The van der Waals surface area contributed by atoms with Crippen molar-refractivity contribution in [1.82, 2.24) is 25.0 Å². The third kappa shape index (κ3) is 4.02. The number of carbonyl (C=O) groups is 1. The Labute approximate surface area is 165 Å². The average molecular weight is 388 g/mol. The summed E-state index contributed by atoms with van der Waals surface area (Å²) in [5.41, 5.74) is 3.35. The number of nitrogens with zero attached hydrogens (tertiary/aromatic N) is 5. The third-order valence-corrected chi connectivity index (χ3v) is 4.62. The molecule has 0 aliphatic carbocycles. The van der Waals surface area contributed by atoms with Crippen LogP contribution in [0.5, 0.6) is 0 Å². The van der Waals surface area contributed by atoms with Crippen LogP contribution < -0.4 is 5.32 Å². The van der Waals surface area contributed by atoms with Crippen molar-refractivity contribution in [1.29, 1.82) is 0 Å². The van der Waals surface area contributed by atoms with Crippen LogP contribution in [0.2, 0.25) is 0 Å². The number of hydrogen-bond donors (Lipinski definition) is 1. The molecule has 0 bridgehead atoms. The van der Waals surface area contributed by atoms with Crippen LogP contribution in [0.3, 0.4) is 0 Å². The fourth-order valence-corrected chi connectivity index (χ4v) is 3.20. The zero-order valence-electron chi connectivity index (χ0n) is 15.0. The monoisotopic (exact) mass is 388 g/mol. The molecule has 1 N–H and O–H groups in total. The first kappa shape index (κ1) is 17.7. The Morgan fingerprint density at radius 1 is 1.14 bits per heavy atom. The normalized spacial score (nSPS) is 11.0. The van der Waals surface area contributed by atoms with Crippen molar-refractivity contribution in [2.75, 3.05) is 5.32 Å². The highest BCUT2D eigenvalue weighted by Crippen LogP contribution is 2.24. The Morgan fingerprint density at radius 3 is 2.71 bits per heavy atom. The number of anilines is 1. The average Bonchev–Trinajstić information content (AvgIpc) is 3.34. The van der Waals surface area contributed by atoms with E-state index in [2.05, 4.69) is 25.6 Å². The molecule has 3 aromatic heterocycles. The molecule has 8 heteroatoms. The summed E-state index contributed by atoms with van der Waals surface area (Å²) in [5.74, 6) is -0.277. The van der Waals surface area contributed by atoms with Gasteiger partial charge in [-0.15, -0.1) is 10.2 Å². The summed E-state index contributed by atoms with van der Waals surface area (Å²) in [6.45, 7) is 1.83. The molecule has 0 atom stereocenters. The Morgan fingerprint density at radius 2 is 2.00 bits per heavy atom. The van der Waals surface area contributed by atoms with E-state index in [1.165, 1.54) is 17.4 Å². The molecule has 4 rings (SSSR count). The lowest BCUT2D eigenvalue weighted by atomic mass is 10.1. The smallest absolute Gasteiger partial charge is 0.250 e. The van der Waals surface area contributed by atoms with E-state index < -0.39 is 0 Å². The topological polar surface area (TPSA) is 85.6 Å². The van der Waals surface area contributed by atoms with Crippen molar-refractivity contribution >= 4 is 28.5 Å². The summed E-state index contributed by atoms with van der Waals surface area (Å²) < 4.78 is 1.79. The van der Waals surface area contributed by atoms with Gasteiger partial charge in [0.1, 0.15) is 10.7 Å². The van der Waals surface area contributed by atoms with Gasteiger partial charge in [0.15, 0.2) is 0 Å². The molecular weight excluding hydrogens is 372 g/mol. The lowest BCUT2D eigenvalue weighted by Crippen LogP contribution is -2.07. The second-order valence-corrected chi connectivity index (χ2v) is 7.09. The summed E-state index contributed by atoms with van der Waals surface area (Å²) in [6.07, 6.45) is 8.54. The molecule has 0 radical (unpaired) electrons. The number of aromatic nitrogens is 5. The molecule has 1 aromatic carbocycles. The maximum atomic E-state index is 12.2. The van der Waals surface area contributed by atoms with E-state index in [0.29, 0.717) is 5.13 Å². The summed E-state index contributed by atoms with van der Waals surface area (Å²) in [4.78, 5) is 16.4. The van der Waals surface area contributed by atoms with Crippen LogP contribution in [0.1, 0.15) is 10.6 Å². The van der Waals surface area contributed by atoms with Gasteiger partial charge in [-0.1, -0.05) is 29.5 Å². The second kappa shape index (κ2) is 7.93. The van der Waals surface area contributed by atoms with Crippen LogP contribution in [0.25, 0.3) is 23.0 Å². The number of aryl methyl sites for hydroxylation is 1. The van der Waals surface area contributed by atoms with Gasteiger partial charge in [-0.2, -0.15) is 5.10 Å². The number of pyridine rings is 1. The van der Waals surface area contributed by atoms with Crippen LogP contribution in [0, 0.1) is 6.92 Å². The van der Waals surface area contributed by atoms with Gasteiger partial charge in [0.2, 0.25) is 11.0 Å². The Kier molecular flexibility index (Phi) is 5.03. The van der Waals surface area contributed by atoms with E-state index in [-0.39, 0.29) is 5.91 Å². The molecule has 0 aliphatic heterocycles. The fraction of sp³-hybridized carbons (Fsp3) is 0.0500. The molecule has 0 spiro atoms. The number of benzene rings is 1. The number of nitrogens with one attached hydrogen (secondary N) is 1. The molecule has 28 heavy (non-hydrogen) atoms. The van der Waals surface area contributed by atoms with E-state index in [1.54, 1.807) is 23.2 Å². The molecule has 1 amide bonds. The highest BCUT2D eigenvalue weighted by Gasteiger charge is 2.11. The van der Waals surface area contributed by atoms with Crippen molar-refractivity contribution in [3.8, 4) is 16.9 Å². The molecule has 7 nitrogen and oxygen atoms in total. The van der Waals surface area contributed by atoms with Gasteiger partial charge in [-0.3, -0.25) is 15.1 Å². The zero-order valence-corrected chi connectivity index (χ0v) is 15.8. The number of para-hydroxylation sites is 1. The van der Waals surface area contributed by atoms with Crippen LogP contribution in [0.15, 0.2) is 67.1 Å². The highest BCUT2D eigenvalue weighted by atomic mass is 32.1. The first-order valence-electron chi connectivity index (χ1n) is 8.54. The summed E-state index contributed by atoms with van der Waals surface area (Å²) in [7, 11) is 0. The summed E-state index contributed by atoms with van der Waals surface area (Å²) in [6, 6.07) is 13.6. The Hall–Kier alpha value is -3.65. The second-order valence-electron chi connectivity index (χ2n) is 5.90. The van der Waals surface area contributed by atoms with Crippen LogP contribution >= 0.6 is 11.3 Å². The molecule has 0 unspecified atom stereocenters. The molecule has 0 fully saturated rings. The number of amides is 1. The van der Waals surface area contributed by atoms with Crippen molar-refractivity contribution in [2.24, 2.45) is 0 Å². The van der Waals surface area contributed by atoms with E-state index >= 15 is 0 Å². The lowest BCUT2D eigenvalue weighted by Gasteiger charge is -1.99. The molecule has 138 valence electrons. The summed E-state index contributed by atoms with van der Waals surface area (Å²) >= 11 is 1.33. The standard InChI is InChI=1S/C20H16N6OS/c1-14-23-24-20(28-14)22-18(27)10-9-16-13-26(17-7-3-2-4-8-17)25-19(16)15-6-5-11-21-12-15/h2-13H,1H3,(H,22,24,27)/b10-9+. The predicted molar refractivity (Wildman–Crippen MR) is 109 cm³/mol. The summed E-state index contributed by atoms with van der Waals surface area (Å²) in [5, 5.41) is 16.5. The highest BCUT2D eigenvalue weighted by molar-refractivity contribution is 7.15. The van der Waals surface area contributed by atoms with Crippen LogP contribution in [-0.2, 0) is 4.79 Å². The van der Waals surface area contributed by atoms with Crippen LogP contribution in [-0.4, -0.2) is 30.9 Å². The molecular formula is C20H16N6OS. The first-order chi connectivity index (χ1) is 13.7. The Balaban J connectivity index is 1.64. The van der Waals surface area contributed by atoms with Gasteiger partial charge in [0, 0.05) is 35.8 Å². The predicted octanol–water partition coefficient (Wildman–Crippen LogP) is 3.75. The van der Waals surface area contributed by atoms with E-state index in [0.717, 1.165) is 27.5 Å². The van der Waals surface area contributed by atoms with Gasteiger partial charge in [-0.25, -0.2) is 4.68 Å². The van der Waals surface area contributed by atoms with E-state index in [9.17, 15) is 4.79 Å². The van der Waals surface area contributed by atoms with Crippen molar-refractivity contribution < 1.29 is 4.79 Å². The van der Waals surface area contributed by atoms with Gasteiger partial charge in [0.25, 0.3) is 0 Å². The molecule has 0 saturated heterocycles. The minimum absolute atomic E-state index is 0.277. The zero-order chi connectivity index (χ0) is 19.3. The van der Waals surface area contributed by atoms with Crippen LogP contribution in [0.4, 0.5) is 5.13 Å². The van der Waals surface area contributed by atoms with Gasteiger partial charge >= 0.3 is 0 Å². The van der Waals surface area contributed by atoms with Crippen molar-refractivity contribution in [3.63, 3.8) is 0 Å². The van der Waals surface area contributed by atoms with Gasteiger partial charge in [0.05, 0.1) is 5.69 Å². The molecule has 0 saturated carbocycles. The minimum Gasteiger partial charge on any atom is -0.297 e. The van der Waals surface area contributed by atoms with Crippen molar-refractivity contribution in [2.45, 2.75) is 6.92 Å². The number of carbonyl (C=O) groups excluding carboxylic acids is 1. The number of hydrogen-bond acceptors (Lipinski definition) is 6. The molecule has 0 aliphatic rings. The third-order valence-electron chi connectivity index (χ3n) is 3.87. The largest absolute Gasteiger partial charge is 0.297 e. The van der Waals surface area contributed by atoms with E-state index in [1.807, 2.05) is 55.6 Å². The molecule has 4 aromatic rings. The fourth-order valence-electron chi connectivity index (χ4n) is 2.61. The quantitative estimate of drug-likeness (QED) is 0.526. The molecule has 3 heterocycles. The van der Waals surface area contributed by atoms with Crippen molar-refractivity contribution in [3.05, 3.63) is 77.7 Å². The Bertz CT molecular complexity index is 1120. The van der Waals surface area contributed by atoms with E-state index in [4.69, 9.17) is 0 Å². The SMILES string of the molecule is Cc1nnc(NC(=O)/C=C/c2cn(-c3ccccc3)nc2-c2cccnc2)s1. The lowest BCUT2D eigenvalue weighted by molar-refractivity contribution is -0.111. The van der Waals surface area contributed by atoms with Gasteiger partial charge in [-0.05, 0) is 37.3 Å². The van der Waals surface area contributed by atoms with Gasteiger partial charge < -0.3 is 0 Å².